The first-order valence-electron chi connectivity index (χ1n) is 12.5. The van der Waals surface area contributed by atoms with E-state index in [9.17, 15) is 4.79 Å². The minimum Gasteiger partial charge on any atom is -0.492 e. The molecule has 4 rings (SSSR count). The van der Waals surface area contributed by atoms with Gasteiger partial charge in [0.25, 0.3) is 5.89 Å². The number of carboxylic acids is 1. The Morgan fingerprint density at radius 3 is 2.81 bits per heavy atom. The quantitative estimate of drug-likeness (QED) is 0.374. The van der Waals surface area contributed by atoms with Gasteiger partial charge in [0.2, 0.25) is 5.88 Å². The van der Waals surface area contributed by atoms with Crippen LogP contribution < -0.4 is 9.47 Å². The Morgan fingerprint density at radius 2 is 2.03 bits per heavy atom. The largest absolute Gasteiger partial charge is 0.492 e. The van der Waals surface area contributed by atoms with E-state index in [0.717, 1.165) is 28.9 Å². The highest BCUT2D eigenvalue weighted by atomic mass is 16.5. The summed E-state index contributed by atoms with van der Waals surface area (Å²) in [7, 11) is 1.76. The van der Waals surface area contributed by atoms with Crippen LogP contribution in [-0.4, -0.2) is 64.5 Å². The van der Waals surface area contributed by atoms with Gasteiger partial charge in [-0.05, 0) is 68.5 Å². The minimum atomic E-state index is -0.847. The molecule has 1 aliphatic carbocycles. The number of hydrogen-bond acceptors (Lipinski definition) is 8. The van der Waals surface area contributed by atoms with Crippen molar-refractivity contribution in [1.82, 2.24) is 20.0 Å². The van der Waals surface area contributed by atoms with E-state index in [4.69, 9.17) is 19.1 Å². The second-order valence-electron chi connectivity index (χ2n) is 9.41. The van der Waals surface area contributed by atoms with Crippen LogP contribution in [0.15, 0.2) is 41.1 Å². The summed E-state index contributed by atoms with van der Waals surface area (Å²) in [6.07, 6.45) is 8.10. The minimum absolute atomic E-state index is 0.00529. The van der Waals surface area contributed by atoms with Gasteiger partial charge in [-0.15, -0.1) is 0 Å². The van der Waals surface area contributed by atoms with Crippen molar-refractivity contribution in [3.05, 3.63) is 53.5 Å². The van der Waals surface area contributed by atoms with Crippen LogP contribution in [0.2, 0.25) is 0 Å². The Hall–Kier alpha value is -3.46. The number of hydrogen-bond donors (Lipinski definition) is 1. The summed E-state index contributed by atoms with van der Waals surface area (Å²) in [5.74, 6) is 2.14. The first-order chi connectivity index (χ1) is 17.5. The van der Waals surface area contributed by atoms with Gasteiger partial charge in [0, 0.05) is 19.2 Å². The van der Waals surface area contributed by atoms with Gasteiger partial charge < -0.3 is 19.1 Å². The van der Waals surface area contributed by atoms with Crippen LogP contribution in [-0.2, 0) is 17.6 Å². The SMILES string of the molecule is Cc1cc(CCc2noc(-c3cccnc3OCC3CCCC3)n2)ccc1OCCN(C)CC(=O)O. The molecule has 0 aliphatic heterocycles. The summed E-state index contributed by atoms with van der Waals surface area (Å²) in [4.78, 5) is 21.4. The zero-order valence-electron chi connectivity index (χ0n) is 21.0. The summed E-state index contributed by atoms with van der Waals surface area (Å²) < 4.78 is 17.4. The number of aromatic nitrogens is 3. The van der Waals surface area contributed by atoms with E-state index in [1.54, 1.807) is 18.1 Å². The lowest BCUT2D eigenvalue weighted by Gasteiger charge is -2.15. The van der Waals surface area contributed by atoms with E-state index in [1.165, 1.54) is 25.7 Å². The molecule has 0 spiro atoms. The lowest BCUT2D eigenvalue weighted by molar-refractivity contribution is -0.138. The van der Waals surface area contributed by atoms with Crippen molar-refractivity contribution in [3.8, 4) is 23.1 Å². The van der Waals surface area contributed by atoms with Gasteiger partial charge in [-0.3, -0.25) is 9.69 Å². The molecule has 0 amide bonds. The van der Waals surface area contributed by atoms with Crippen LogP contribution in [0, 0.1) is 12.8 Å². The lowest BCUT2D eigenvalue weighted by Crippen LogP contribution is -2.29. The van der Waals surface area contributed by atoms with Gasteiger partial charge in [0.05, 0.1) is 13.2 Å². The van der Waals surface area contributed by atoms with E-state index >= 15 is 0 Å². The standard InChI is InChI=1S/C27H34N4O5/c1-19-16-20(9-11-23(19)34-15-14-31(2)17-25(32)33)10-12-24-29-27(36-30-24)22-8-5-13-28-26(22)35-18-21-6-3-4-7-21/h5,8-9,11,13,16,21H,3-4,6-7,10,12,14-15,17-18H2,1-2H3,(H,32,33). The van der Waals surface area contributed by atoms with E-state index in [1.807, 2.05) is 31.2 Å². The number of carbonyl (C=O) groups is 1. The highest BCUT2D eigenvalue weighted by Crippen LogP contribution is 2.30. The molecule has 0 radical (unpaired) electrons. The second-order valence-corrected chi connectivity index (χ2v) is 9.41. The molecule has 2 heterocycles. The summed E-state index contributed by atoms with van der Waals surface area (Å²) in [6, 6.07) is 9.81. The molecular weight excluding hydrogens is 460 g/mol. The predicted molar refractivity (Wildman–Crippen MR) is 134 cm³/mol. The zero-order valence-corrected chi connectivity index (χ0v) is 21.0. The van der Waals surface area contributed by atoms with Crippen LogP contribution in [0.4, 0.5) is 0 Å². The number of aryl methyl sites for hydroxylation is 3. The number of ether oxygens (including phenoxy) is 2. The van der Waals surface area contributed by atoms with Gasteiger partial charge >= 0.3 is 5.97 Å². The van der Waals surface area contributed by atoms with E-state index in [-0.39, 0.29) is 6.54 Å². The normalized spacial score (nSPS) is 13.9. The van der Waals surface area contributed by atoms with E-state index in [2.05, 4.69) is 21.2 Å². The third-order valence-electron chi connectivity index (χ3n) is 6.41. The molecule has 192 valence electrons. The fourth-order valence-corrected chi connectivity index (χ4v) is 4.41. The number of benzene rings is 1. The Kier molecular flexibility index (Phi) is 8.89. The molecule has 2 aromatic heterocycles. The van der Waals surface area contributed by atoms with Gasteiger partial charge in [-0.1, -0.05) is 30.1 Å². The van der Waals surface area contributed by atoms with Crippen molar-refractivity contribution in [1.29, 1.82) is 0 Å². The summed E-state index contributed by atoms with van der Waals surface area (Å²) in [5, 5.41) is 13.0. The Balaban J connectivity index is 1.30. The Bertz CT molecular complexity index is 1140. The fraction of sp³-hybridized carbons (Fsp3) is 0.481. The summed E-state index contributed by atoms with van der Waals surface area (Å²) in [5.41, 5.74) is 2.90. The van der Waals surface area contributed by atoms with E-state index in [0.29, 0.717) is 49.7 Å². The van der Waals surface area contributed by atoms with Crippen LogP contribution >= 0.6 is 0 Å². The van der Waals surface area contributed by atoms with Crippen molar-refractivity contribution in [2.45, 2.75) is 45.4 Å². The van der Waals surface area contributed by atoms with Crippen molar-refractivity contribution in [2.75, 3.05) is 33.4 Å². The Labute approximate surface area is 211 Å². The molecule has 1 fully saturated rings. The van der Waals surface area contributed by atoms with Gasteiger partial charge in [-0.2, -0.15) is 4.98 Å². The van der Waals surface area contributed by atoms with Gasteiger partial charge in [-0.25, -0.2) is 4.98 Å². The van der Waals surface area contributed by atoms with Crippen LogP contribution in [0.5, 0.6) is 11.6 Å². The van der Waals surface area contributed by atoms with Crippen molar-refractivity contribution in [3.63, 3.8) is 0 Å². The second kappa shape index (κ2) is 12.5. The molecule has 1 saturated carbocycles. The zero-order chi connectivity index (χ0) is 25.3. The van der Waals surface area contributed by atoms with Crippen molar-refractivity contribution >= 4 is 5.97 Å². The summed E-state index contributed by atoms with van der Waals surface area (Å²) in [6.45, 7) is 3.63. The number of pyridine rings is 1. The fourth-order valence-electron chi connectivity index (χ4n) is 4.41. The van der Waals surface area contributed by atoms with Crippen LogP contribution in [0.1, 0.15) is 42.6 Å². The van der Waals surface area contributed by atoms with Crippen LogP contribution in [0.3, 0.4) is 0 Å². The molecule has 3 aromatic rings. The maximum absolute atomic E-state index is 10.8. The third kappa shape index (κ3) is 7.27. The van der Waals surface area contributed by atoms with Gasteiger partial charge in [0.15, 0.2) is 5.82 Å². The lowest BCUT2D eigenvalue weighted by atomic mass is 10.1. The number of rotatable bonds is 13. The molecule has 9 nitrogen and oxygen atoms in total. The smallest absolute Gasteiger partial charge is 0.317 e. The molecule has 9 heteroatoms. The molecular formula is C27H34N4O5. The first-order valence-corrected chi connectivity index (χ1v) is 12.5. The molecule has 1 N–H and O–H groups in total. The average Bonchev–Trinajstić information content (AvgIpc) is 3.55. The van der Waals surface area contributed by atoms with Crippen molar-refractivity contribution < 1.29 is 23.9 Å². The Morgan fingerprint density at radius 1 is 1.19 bits per heavy atom. The van der Waals surface area contributed by atoms with E-state index < -0.39 is 5.97 Å². The molecule has 0 atom stereocenters. The topological polar surface area (TPSA) is 111 Å². The third-order valence-corrected chi connectivity index (χ3v) is 6.41. The molecule has 0 saturated heterocycles. The van der Waals surface area contributed by atoms with Crippen molar-refractivity contribution in [2.24, 2.45) is 5.92 Å². The molecule has 1 aromatic carbocycles. The van der Waals surface area contributed by atoms with Crippen LogP contribution in [0.25, 0.3) is 11.5 Å². The molecule has 36 heavy (non-hydrogen) atoms. The number of likely N-dealkylation sites (N-methyl/N-ethyl adjacent to an activating group) is 1. The highest BCUT2D eigenvalue weighted by molar-refractivity contribution is 5.69. The van der Waals surface area contributed by atoms with Gasteiger partial charge in [0.1, 0.15) is 17.9 Å². The maximum Gasteiger partial charge on any atom is 0.317 e. The molecule has 1 aliphatic rings. The predicted octanol–water partition coefficient (Wildman–Crippen LogP) is 4.19. The maximum atomic E-state index is 10.8. The highest BCUT2D eigenvalue weighted by Gasteiger charge is 2.19. The number of aliphatic carboxylic acids is 1. The first kappa shape index (κ1) is 25.6. The summed E-state index contributed by atoms with van der Waals surface area (Å²) >= 11 is 0. The molecule has 0 bridgehead atoms. The number of nitrogens with zero attached hydrogens (tertiary/aromatic N) is 4. The monoisotopic (exact) mass is 494 g/mol. The number of carboxylic acid groups (broad SMARTS) is 1. The average molecular weight is 495 g/mol. The molecule has 0 unspecified atom stereocenters.